The highest BCUT2D eigenvalue weighted by Crippen LogP contribution is 2.24. The van der Waals surface area contributed by atoms with E-state index in [9.17, 15) is 9.59 Å². The molecule has 0 radical (unpaired) electrons. The second-order valence-corrected chi connectivity index (χ2v) is 7.97. The lowest BCUT2D eigenvalue weighted by atomic mass is 10.1. The van der Waals surface area contributed by atoms with Crippen LogP contribution in [0.1, 0.15) is 6.92 Å². The summed E-state index contributed by atoms with van der Waals surface area (Å²) in [5.41, 5.74) is 3.03. The third kappa shape index (κ3) is 5.63. The topological polar surface area (TPSA) is 79.3 Å². The first-order valence-electron chi connectivity index (χ1n) is 10.9. The number of halogens is 1. The highest BCUT2D eigenvalue weighted by Gasteiger charge is 2.19. The van der Waals surface area contributed by atoms with Gasteiger partial charge in [-0.15, -0.1) is 0 Å². The van der Waals surface area contributed by atoms with E-state index in [1.54, 1.807) is 28.9 Å². The average Bonchev–Trinajstić information content (AvgIpc) is 3.27. The summed E-state index contributed by atoms with van der Waals surface area (Å²) in [6.07, 6.45) is 0. The fourth-order valence-corrected chi connectivity index (χ4v) is 3.63. The molecule has 172 valence electrons. The number of urea groups is 1. The van der Waals surface area contributed by atoms with Gasteiger partial charge in [-0.1, -0.05) is 66.2 Å². The number of carbonyl (C=O) groups excluding carboxylic acids is 2. The van der Waals surface area contributed by atoms with Gasteiger partial charge in [-0.25, -0.2) is 9.48 Å². The summed E-state index contributed by atoms with van der Waals surface area (Å²) >= 11 is 5.99. The fraction of sp³-hybridized carbons (Fsp3) is 0.115. The number of para-hydroxylation sites is 1. The van der Waals surface area contributed by atoms with Gasteiger partial charge in [-0.2, -0.15) is 5.10 Å². The van der Waals surface area contributed by atoms with E-state index in [4.69, 9.17) is 16.7 Å². The molecule has 4 rings (SSSR count). The van der Waals surface area contributed by atoms with Gasteiger partial charge in [0, 0.05) is 28.9 Å². The van der Waals surface area contributed by atoms with Gasteiger partial charge in [0.2, 0.25) is 5.91 Å². The largest absolute Gasteiger partial charge is 0.322 e. The van der Waals surface area contributed by atoms with Gasteiger partial charge in [-0.05, 0) is 37.3 Å². The fourth-order valence-electron chi connectivity index (χ4n) is 3.44. The molecule has 3 aromatic carbocycles. The van der Waals surface area contributed by atoms with E-state index in [0.29, 0.717) is 23.1 Å². The van der Waals surface area contributed by atoms with Crippen molar-refractivity contribution < 1.29 is 9.59 Å². The first kappa shape index (κ1) is 23.1. The van der Waals surface area contributed by atoms with E-state index >= 15 is 0 Å². The molecule has 1 aromatic heterocycles. The molecule has 0 unspecified atom stereocenters. The molecule has 34 heavy (non-hydrogen) atoms. The minimum absolute atomic E-state index is 0.121. The Labute approximate surface area is 203 Å². The zero-order valence-electron chi connectivity index (χ0n) is 18.6. The van der Waals surface area contributed by atoms with Gasteiger partial charge < -0.3 is 15.5 Å². The van der Waals surface area contributed by atoms with Crippen molar-refractivity contribution in [3.8, 4) is 16.9 Å². The van der Waals surface area contributed by atoms with Crippen molar-refractivity contribution in [1.82, 2.24) is 14.7 Å². The molecule has 0 aliphatic heterocycles. The quantitative estimate of drug-likeness (QED) is 0.362. The Morgan fingerprint density at radius 1 is 0.912 bits per heavy atom. The minimum Gasteiger partial charge on any atom is -0.315 e. The molecule has 0 fully saturated rings. The van der Waals surface area contributed by atoms with Crippen LogP contribution in [-0.2, 0) is 4.79 Å². The molecule has 0 aliphatic carbocycles. The number of benzene rings is 3. The monoisotopic (exact) mass is 473 g/mol. The zero-order valence-corrected chi connectivity index (χ0v) is 19.4. The Kier molecular flexibility index (Phi) is 7.25. The summed E-state index contributed by atoms with van der Waals surface area (Å²) in [5, 5.41) is 10.9. The number of carbonyl (C=O) groups is 2. The maximum absolute atomic E-state index is 12.9. The van der Waals surface area contributed by atoms with Crippen LogP contribution >= 0.6 is 11.6 Å². The van der Waals surface area contributed by atoms with Crippen LogP contribution in [0.25, 0.3) is 16.9 Å². The van der Waals surface area contributed by atoms with Gasteiger partial charge in [0.15, 0.2) is 0 Å². The third-order valence-corrected chi connectivity index (χ3v) is 5.36. The lowest BCUT2D eigenvalue weighted by Crippen LogP contribution is -2.40. The summed E-state index contributed by atoms with van der Waals surface area (Å²) in [6, 6.07) is 27.6. The van der Waals surface area contributed by atoms with Crippen molar-refractivity contribution in [2.75, 3.05) is 23.7 Å². The second-order valence-electron chi connectivity index (χ2n) is 7.53. The molecule has 0 bridgehead atoms. The molecule has 0 saturated carbocycles. The normalized spacial score (nSPS) is 10.5. The number of anilines is 2. The number of likely N-dealkylation sites (N-methyl/N-ethyl adjacent to an activating group) is 1. The summed E-state index contributed by atoms with van der Waals surface area (Å²) < 4.78 is 1.68. The van der Waals surface area contributed by atoms with Gasteiger partial charge in [0.1, 0.15) is 12.4 Å². The molecule has 8 heteroatoms. The molecule has 0 spiro atoms. The molecule has 3 amide bonds. The van der Waals surface area contributed by atoms with Crippen molar-refractivity contribution in [3.63, 3.8) is 0 Å². The Hall–Kier alpha value is -4.10. The highest BCUT2D eigenvalue weighted by molar-refractivity contribution is 6.30. The van der Waals surface area contributed by atoms with E-state index < -0.39 is 0 Å². The number of nitrogens with one attached hydrogen (secondary N) is 2. The van der Waals surface area contributed by atoms with E-state index in [1.807, 2.05) is 73.7 Å². The van der Waals surface area contributed by atoms with Crippen LogP contribution in [0.4, 0.5) is 16.3 Å². The van der Waals surface area contributed by atoms with Gasteiger partial charge in [0.05, 0.1) is 11.4 Å². The summed E-state index contributed by atoms with van der Waals surface area (Å²) in [5.74, 6) is 0.182. The Morgan fingerprint density at radius 3 is 2.29 bits per heavy atom. The minimum atomic E-state index is -0.388. The van der Waals surface area contributed by atoms with Crippen molar-refractivity contribution in [2.24, 2.45) is 0 Å². The van der Waals surface area contributed by atoms with Crippen molar-refractivity contribution in [3.05, 3.63) is 96.0 Å². The van der Waals surface area contributed by atoms with E-state index in [1.165, 1.54) is 4.90 Å². The van der Waals surface area contributed by atoms with Gasteiger partial charge in [0.25, 0.3) is 0 Å². The van der Waals surface area contributed by atoms with E-state index in [-0.39, 0.29) is 18.5 Å². The number of rotatable bonds is 7. The number of hydrogen-bond donors (Lipinski definition) is 2. The van der Waals surface area contributed by atoms with E-state index in [0.717, 1.165) is 16.9 Å². The zero-order chi connectivity index (χ0) is 23.9. The Morgan fingerprint density at radius 2 is 1.62 bits per heavy atom. The first-order chi connectivity index (χ1) is 16.5. The van der Waals surface area contributed by atoms with Crippen LogP contribution in [0.2, 0.25) is 5.02 Å². The highest BCUT2D eigenvalue weighted by atomic mass is 35.5. The maximum Gasteiger partial charge on any atom is 0.322 e. The molecule has 7 nitrogen and oxygen atoms in total. The lowest BCUT2D eigenvalue weighted by molar-refractivity contribution is -0.116. The molecule has 2 N–H and O–H groups in total. The second kappa shape index (κ2) is 10.7. The van der Waals surface area contributed by atoms with Crippen molar-refractivity contribution >= 4 is 35.0 Å². The van der Waals surface area contributed by atoms with Crippen LogP contribution in [0.3, 0.4) is 0 Å². The summed E-state index contributed by atoms with van der Waals surface area (Å²) in [7, 11) is 0. The van der Waals surface area contributed by atoms with Crippen molar-refractivity contribution in [2.45, 2.75) is 6.92 Å². The Bertz CT molecular complexity index is 1270. The SMILES string of the molecule is CCN(CC(=O)Nc1cc(-c2ccccc2)nn1-c1ccccc1)C(=O)Nc1cccc(Cl)c1. The number of aromatic nitrogens is 2. The van der Waals surface area contributed by atoms with Crippen molar-refractivity contribution in [1.29, 1.82) is 0 Å². The van der Waals surface area contributed by atoms with Crippen LogP contribution in [0, 0.1) is 0 Å². The number of nitrogens with zero attached hydrogens (tertiary/aromatic N) is 3. The van der Waals surface area contributed by atoms with Gasteiger partial charge in [-0.3, -0.25) is 4.79 Å². The predicted molar refractivity (Wildman–Crippen MR) is 135 cm³/mol. The first-order valence-corrected chi connectivity index (χ1v) is 11.2. The molecular formula is C26H24ClN5O2. The lowest BCUT2D eigenvalue weighted by Gasteiger charge is -2.21. The number of hydrogen-bond acceptors (Lipinski definition) is 3. The standard InChI is InChI=1S/C26H24ClN5O2/c1-2-31(26(34)28-21-13-9-12-20(27)16-21)18-25(33)29-24-17-23(19-10-5-3-6-11-19)30-32(24)22-14-7-4-8-15-22/h3-17H,2,18H2,1H3,(H,28,34)(H,29,33). The molecule has 1 heterocycles. The maximum atomic E-state index is 12.9. The molecule has 0 atom stereocenters. The molecule has 0 aliphatic rings. The number of amides is 3. The van der Waals surface area contributed by atoms with Crippen LogP contribution < -0.4 is 10.6 Å². The molecule has 0 saturated heterocycles. The predicted octanol–water partition coefficient (Wildman–Crippen LogP) is 5.69. The van der Waals surface area contributed by atoms with Gasteiger partial charge >= 0.3 is 6.03 Å². The van der Waals surface area contributed by atoms with Crippen LogP contribution in [0.5, 0.6) is 0 Å². The van der Waals surface area contributed by atoms with E-state index in [2.05, 4.69) is 10.6 Å². The van der Waals surface area contributed by atoms with Crippen LogP contribution in [-0.4, -0.2) is 39.7 Å². The average molecular weight is 474 g/mol. The smallest absolute Gasteiger partial charge is 0.315 e. The molecule has 4 aromatic rings. The third-order valence-electron chi connectivity index (χ3n) is 5.13. The van der Waals surface area contributed by atoms with Crippen LogP contribution in [0.15, 0.2) is 91.0 Å². The summed E-state index contributed by atoms with van der Waals surface area (Å²) in [4.78, 5) is 27.0. The molecular weight excluding hydrogens is 450 g/mol. The summed E-state index contributed by atoms with van der Waals surface area (Å²) in [6.45, 7) is 2.04. The Balaban J connectivity index is 1.52.